The number of carbonyl (C=O) groups excluding carboxylic acids is 1. The minimum Gasteiger partial charge on any atom is -0.351 e. The van der Waals surface area contributed by atoms with Gasteiger partial charge in [0.1, 0.15) is 0 Å². The normalized spacial score (nSPS) is 29.9. The minimum atomic E-state index is -0.0348. The van der Waals surface area contributed by atoms with Crippen molar-refractivity contribution < 1.29 is 9.32 Å². The van der Waals surface area contributed by atoms with Crippen LogP contribution in [0.1, 0.15) is 10.6 Å². The van der Waals surface area contributed by atoms with E-state index in [2.05, 4.69) is 10.5 Å². The molecule has 5 heteroatoms. The highest BCUT2D eigenvalue weighted by Crippen LogP contribution is 2.29. The first-order chi connectivity index (χ1) is 6.86. The second-order valence-corrected chi connectivity index (χ2v) is 3.82. The van der Waals surface area contributed by atoms with Gasteiger partial charge < -0.3 is 14.7 Å². The highest BCUT2D eigenvalue weighted by molar-refractivity contribution is 5.92. The van der Waals surface area contributed by atoms with Crippen molar-refractivity contribution in [2.24, 2.45) is 5.92 Å². The Bertz CT molecular complexity index is 349. The molecule has 0 aromatic carbocycles. The van der Waals surface area contributed by atoms with Gasteiger partial charge in [0.15, 0.2) is 0 Å². The Hall–Kier alpha value is -1.36. The van der Waals surface area contributed by atoms with Crippen molar-refractivity contribution in [1.29, 1.82) is 0 Å². The summed E-state index contributed by atoms with van der Waals surface area (Å²) >= 11 is 0. The first-order valence-corrected chi connectivity index (χ1v) is 4.78. The largest absolute Gasteiger partial charge is 0.351 e. The van der Waals surface area contributed by atoms with Gasteiger partial charge in [0, 0.05) is 31.6 Å². The summed E-state index contributed by atoms with van der Waals surface area (Å²) in [6.07, 6.45) is 1.50. The number of carbonyl (C=O) groups is 1. The molecular weight excluding hydrogens is 182 g/mol. The Morgan fingerprint density at radius 1 is 1.64 bits per heavy atom. The maximum Gasteiger partial charge on any atom is 0.292 e. The number of likely N-dealkylation sites (tertiary alicyclic amines) is 1. The molecule has 2 fully saturated rings. The number of hydrogen-bond acceptors (Lipinski definition) is 4. The van der Waals surface area contributed by atoms with Crippen LogP contribution in [-0.4, -0.2) is 41.6 Å². The van der Waals surface area contributed by atoms with E-state index in [0.29, 0.717) is 17.7 Å². The monoisotopic (exact) mass is 193 g/mol. The second-order valence-electron chi connectivity index (χ2n) is 3.82. The predicted molar refractivity (Wildman–Crippen MR) is 47.7 cm³/mol. The molecule has 2 saturated heterocycles. The highest BCUT2D eigenvalue weighted by Gasteiger charge is 2.45. The molecule has 74 valence electrons. The zero-order valence-corrected chi connectivity index (χ0v) is 7.64. The van der Waals surface area contributed by atoms with Gasteiger partial charge in [-0.25, -0.2) is 0 Å². The summed E-state index contributed by atoms with van der Waals surface area (Å²) in [6, 6.07) is 1.98. The molecule has 0 bridgehead atoms. The van der Waals surface area contributed by atoms with Crippen LogP contribution in [-0.2, 0) is 0 Å². The topological polar surface area (TPSA) is 58.4 Å². The van der Waals surface area contributed by atoms with E-state index in [1.165, 1.54) is 6.20 Å². The van der Waals surface area contributed by atoms with E-state index in [9.17, 15) is 4.79 Å². The lowest BCUT2D eigenvalue weighted by atomic mass is 9.92. The molecule has 0 saturated carbocycles. The van der Waals surface area contributed by atoms with Crippen LogP contribution in [0.4, 0.5) is 0 Å². The zero-order chi connectivity index (χ0) is 9.54. The fraction of sp³-hybridized carbons (Fsp3) is 0.556. The zero-order valence-electron chi connectivity index (χ0n) is 7.64. The number of nitrogens with one attached hydrogen (secondary N) is 1. The van der Waals surface area contributed by atoms with Gasteiger partial charge in [-0.15, -0.1) is 0 Å². The lowest BCUT2D eigenvalue weighted by Crippen LogP contribution is -2.57. The van der Waals surface area contributed by atoms with Gasteiger partial charge in [0.2, 0.25) is 5.76 Å². The van der Waals surface area contributed by atoms with Gasteiger partial charge in [-0.2, -0.15) is 0 Å². The molecule has 0 aliphatic carbocycles. The number of hydrogen-bond donors (Lipinski definition) is 1. The van der Waals surface area contributed by atoms with Crippen LogP contribution >= 0.6 is 0 Å². The van der Waals surface area contributed by atoms with Crippen LogP contribution in [0.5, 0.6) is 0 Å². The Labute approximate surface area is 81.0 Å². The molecular formula is C9H11N3O2. The summed E-state index contributed by atoms with van der Waals surface area (Å²) in [5.41, 5.74) is 0. The van der Waals surface area contributed by atoms with Gasteiger partial charge in [0.25, 0.3) is 5.91 Å². The Morgan fingerprint density at radius 3 is 3.29 bits per heavy atom. The molecule has 1 aromatic heterocycles. The third kappa shape index (κ3) is 0.988. The molecule has 0 radical (unpaired) electrons. The van der Waals surface area contributed by atoms with Gasteiger partial charge in [-0.3, -0.25) is 4.79 Å². The first-order valence-electron chi connectivity index (χ1n) is 4.78. The Balaban J connectivity index is 1.75. The molecule has 1 N–H and O–H groups in total. The molecule has 1 aromatic rings. The number of rotatable bonds is 1. The molecule has 5 nitrogen and oxygen atoms in total. The molecule has 14 heavy (non-hydrogen) atoms. The maximum atomic E-state index is 11.8. The van der Waals surface area contributed by atoms with E-state index in [0.717, 1.165) is 19.6 Å². The van der Waals surface area contributed by atoms with E-state index in [1.807, 2.05) is 4.90 Å². The third-order valence-corrected chi connectivity index (χ3v) is 3.05. The van der Waals surface area contributed by atoms with Crippen LogP contribution in [0, 0.1) is 5.92 Å². The summed E-state index contributed by atoms with van der Waals surface area (Å²) < 4.78 is 4.84. The Kier molecular flexibility index (Phi) is 1.61. The molecule has 2 aliphatic rings. The van der Waals surface area contributed by atoms with E-state index in [1.54, 1.807) is 6.07 Å². The van der Waals surface area contributed by atoms with Crippen LogP contribution in [0.3, 0.4) is 0 Å². The number of amides is 1. The SMILES string of the molecule is O=C(c1ccno1)N1CC2CNCC21. The molecule has 3 rings (SSSR count). The molecule has 2 atom stereocenters. The van der Waals surface area contributed by atoms with E-state index in [4.69, 9.17) is 4.52 Å². The van der Waals surface area contributed by atoms with Crippen LogP contribution in [0.25, 0.3) is 0 Å². The van der Waals surface area contributed by atoms with Crippen molar-refractivity contribution in [2.45, 2.75) is 6.04 Å². The van der Waals surface area contributed by atoms with Crippen molar-refractivity contribution in [2.75, 3.05) is 19.6 Å². The van der Waals surface area contributed by atoms with Crippen molar-refractivity contribution in [3.8, 4) is 0 Å². The van der Waals surface area contributed by atoms with E-state index in [-0.39, 0.29) is 5.91 Å². The van der Waals surface area contributed by atoms with Crippen LogP contribution in [0.15, 0.2) is 16.8 Å². The predicted octanol–water partition coefficient (Wildman–Crippen LogP) is -0.282. The lowest BCUT2D eigenvalue weighted by molar-refractivity contribution is 0.0289. The lowest BCUT2D eigenvalue weighted by Gasteiger charge is -2.43. The summed E-state index contributed by atoms with van der Waals surface area (Å²) in [5, 5.41) is 6.81. The summed E-state index contributed by atoms with van der Waals surface area (Å²) in [4.78, 5) is 13.6. The van der Waals surface area contributed by atoms with Crippen molar-refractivity contribution in [1.82, 2.24) is 15.4 Å². The second kappa shape index (κ2) is 2.81. The average Bonchev–Trinajstić information content (AvgIpc) is 2.75. The van der Waals surface area contributed by atoms with E-state index >= 15 is 0 Å². The van der Waals surface area contributed by atoms with Crippen molar-refractivity contribution >= 4 is 5.91 Å². The van der Waals surface area contributed by atoms with Crippen molar-refractivity contribution in [3.05, 3.63) is 18.0 Å². The average molecular weight is 193 g/mol. The summed E-state index contributed by atoms with van der Waals surface area (Å²) in [7, 11) is 0. The third-order valence-electron chi connectivity index (χ3n) is 3.05. The molecule has 3 heterocycles. The fourth-order valence-electron chi connectivity index (χ4n) is 2.22. The molecule has 0 spiro atoms. The van der Waals surface area contributed by atoms with Gasteiger partial charge in [-0.05, 0) is 0 Å². The van der Waals surface area contributed by atoms with Gasteiger partial charge in [0.05, 0.1) is 12.2 Å². The highest BCUT2D eigenvalue weighted by atomic mass is 16.5. The number of aromatic nitrogens is 1. The van der Waals surface area contributed by atoms with Crippen LogP contribution in [0.2, 0.25) is 0 Å². The quantitative estimate of drug-likeness (QED) is 0.666. The first kappa shape index (κ1) is 7.99. The number of nitrogens with zero attached hydrogens (tertiary/aromatic N) is 2. The standard InChI is InChI=1S/C9H11N3O2/c13-9(8-1-2-11-14-8)12-5-6-3-10-4-7(6)12/h1-2,6-7,10H,3-5H2. The molecule has 2 aliphatic heterocycles. The fourth-order valence-corrected chi connectivity index (χ4v) is 2.22. The van der Waals surface area contributed by atoms with Gasteiger partial charge >= 0.3 is 0 Å². The smallest absolute Gasteiger partial charge is 0.292 e. The molecule has 2 unspecified atom stereocenters. The van der Waals surface area contributed by atoms with Crippen LogP contribution < -0.4 is 5.32 Å². The number of fused-ring (bicyclic) bond motifs is 1. The summed E-state index contributed by atoms with van der Waals surface area (Å²) in [6.45, 7) is 2.78. The van der Waals surface area contributed by atoms with Gasteiger partial charge in [-0.1, -0.05) is 5.16 Å². The van der Waals surface area contributed by atoms with Crippen molar-refractivity contribution in [3.63, 3.8) is 0 Å². The molecule has 1 amide bonds. The van der Waals surface area contributed by atoms with E-state index < -0.39 is 0 Å². The summed E-state index contributed by atoms with van der Waals surface area (Å²) in [5.74, 6) is 0.949. The maximum absolute atomic E-state index is 11.8. The Morgan fingerprint density at radius 2 is 2.57 bits per heavy atom. The minimum absolute atomic E-state index is 0.0348.